The largest absolute Gasteiger partial charge is 0.361 e. The molecule has 0 saturated carbocycles. The van der Waals surface area contributed by atoms with Gasteiger partial charge in [-0.2, -0.15) is 0 Å². The van der Waals surface area contributed by atoms with E-state index in [1.807, 2.05) is 12.2 Å². The van der Waals surface area contributed by atoms with Gasteiger partial charge in [0, 0.05) is 35.8 Å². The van der Waals surface area contributed by atoms with Crippen molar-refractivity contribution in [3.63, 3.8) is 0 Å². The van der Waals surface area contributed by atoms with Gasteiger partial charge < -0.3 is 4.98 Å². The molecule has 1 aliphatic heterocycles. The summed E-state index contributed by atoms with van der Waals surface area (Å²) in [5.41, 5.74) is 6.55. The van der Waals surface area contributed by atoms with Gasteiger partial charge in [-0.3, -0.25) is 14.9 Å². The molecular formula is C24H27N3O2. The average molecular weight is 389 g/mol. The van der Waals surface area contributed by atoms with Crippen LogP contribution in [0.5, 0.6) is 0 Å². The average Bonchev–Trinajstić information content (AvgIpc) is 3.29. The van der Waals surface area contributed by atoms with Crippen molar-refractivity contribution in [1.82, 2.24) is 15.4 Å². The number of hydroxylamine groups is 1. The molecule has 1 aromatic heterocycles. The zero-order valence-electron chi connectivity index (χ0n) is 16.5. The van der Waals surface area contributed by atoms with Gasteiger partial charge in [-0.25, -0.2) is 5.48 Å². The molecule has 1 atom stereocenters. The number of fused-ring (bicyclic) bond motifs is 1. The van der Waals surface area contributed by atoms with E-state index < -0.39 is 5.91 Å². The molecule has 2 aliphatic rings. The SMILES string of the molecule is O=C(/C=C/C1=CC=C(CN2CCCC2Cc2c[nH]c3ccccc23)CC=C1)NO. The van der Waals surface area contributed by atoms with Gasteiger partial charge in [0.1, 0.15) is 0 Å². The van der Waals surface area contributed by atoms with Crippen LogP contribution in [0.4, 0.5) is 0 Å². The first-order valence-corrected chi connectivity index (χ1v) is 10.2. The van der Waals surface area contributed by atoms with Gasteiger partial charge in [-0.1, -0.05) is 48.1 Å². The molecule has 1 aliphatic carbocycles. The summed E-state index contributed by atoms with van der Waals surface area (Å²) >= 11 is 0. The maximum absolute atomic E-state index is 11.2. The summed E-state index contributed by atoms with van der Waals surface area (Å²) in [4.78, 5) is 17.2. The van der Waals surface area contributed by atoms with E-state index in [0.29, 0.717) is 6.04 Å². The summed E-state index contributed by atoms with van der Waals surface area (Å²) in [6.07, 6.45) is 18.0. The van der Waals surface area contributed by atoms with Gasteiger partial charge in [-0.05, 0) is 55.5 Å². The monoisotopic (exact) mass is 389 g/mol. The summed E-state index contributed by atoms with van der Waals surface area (Å²) in [6, 6.07) is 9.09. The van der Waals surface area contributed by atoms with Gasteiger partial charge in [0.25, 0.3) is 5.91 Å². The number of nitrogens with zero attached hydrogens (tertiary/aromatic N) is 1. The molecule has 5 heteroatoms. The summed E-state index contributed by atoms with van der Waals surface area (Å²) in [6.45, 7) is 2.11. The first-order chi connectivity index (χ1) is 14.2. The molecule has 1 unspecified atom stereocenters. The topological polar surface area (TPSA) is 68.4 Å². The highest BCUT2D eigenvalue weighted by molar-refractivity contribution is 5.87. The van der Waals surface area contributed by atoms with Crippen LogP contribution in [0.25, 0.3) is 10.9 Å². The molecule has 0 radical (unpaired) electrons. The molecule has 0 bridgehead atoms. The van der Waals surface area contributed by atoms with Crippen LogP contribution in [0, 0.1) is 0 Å². The minimum Gasteiger partial charge on any atom is -0.361 e. The van der Waals surface area contributed by atoms with Gasteiger partial charge in [-0.15, -0.1) is 0 Å². The Kier molecular flexibility index (Phi) is 6.08. The molecule has 0 spiro atoms. The molecule has 5 nitrogen and oxygen atoms in total. The van der Waals surface area contributed by atoms with E-state index in [1.165, 1.54) is 41.0 Å². The number of para-hydroxylation sites is 1. The van der Waals surface area contributed by atoms with Crippen LogP contribution in [-0.2, 0) is 11.2 Å². The number of H-pyrrole nitrogens is 1. The Morgan fingerprint density at radius 3 is 3.10 bits per heavy atom. The maximum Gasteiger partial charge on any atom is 0.267 e. The first-order valence-electron chi connectivity index (χ1n) is 10.2. The molecule has 2 aromatic rings. The Morgan fingerprint density at radius 2 is 2.21 bits per heavy atom. The van der Waals surface area contributed by atoms with Crippen molar-refractivity contribution in [2.24, 2.45) is 0 Å². The molecule has 4 rings (SSSR count). The number of aromatic amines is 1. The molecule has 1 amide bonds. The summed E-state index contributed by atoms with van der Waals surface area (Å²) in [5, 5.41) is 9.92. The first kappa shape index (κ1) is 19.4. The van der Waals surface area contributed by atoms with Crippen molar-refractivity contribution in [3.05, 3.63) is 83.6 Å². The van der Waals surface area contributed by atoms with Crippen molar-refractivity contribution < 1.29 is 10.0 Å². The number of aromatic nitrogens is 1. The highest BCUT2D eigenvalue weighted by atomic mass is 16.5. The molecule has 1 aromatic carbocycles. The fourth-order valence-corrected chi connectivity index (χ4v) is 4.27. The Labute approximate surface area is 171 Å². The molecule has 3 N–H and O–H groups in total. The lowest BCUT2D eigenvalue weighted by Gasteiger charge is -2.25. The number of hydrogen-bond donors (Lipinski definition) is 3. The standard InChI is InChI=1S/C24H27N3O2/c28-24(26-29)13-12-18-5-3-6-19(11-10-18)17-27-14-4-7-21(27)15-20-16-25-23-9-2-1-8-22(20)23/h1-3,5,8-13,16,21,25,29H,4,6-7,14-15,17H2,(H,26,28)/b13-12+. The van der Waals surface area contributed by atoms with Crippen LogP contribution in [0.3, 0.4) is 0 Å². The number of nitrogens with one attached hydrogen (secondary N) is 2. The normalized spacial score (nSPS) is 20.1. The number of carbonyl (C=O) groups excluding carboxylic acids is 1. The predicted octanol–water partition coefficient (Wildman–Crippen LogP) is 4.05. The van der Waals surface area contributed by atoms with Crippen molar-refractivity contribution in [1.29, 1.82) is 0 Å². The third-order valence-corrected chi connectivity index (χ3v) is 5.77. The lowest BCUT2D eigenvalue weighted by Crippen LogP contribution is -2.32. The zero-order chi connectivity index (χ0) is 20.1. The molecule has 1 saturated heterocycles. The zero-order valence-corrected chi connectivity index (χ0v) is 16.5. The fourth-order valence-electron chi connectivity index (χ4n) is 4.27. The van der Waals surface area contributed by atoms with Crippen molar-refractivity contribution in [2.45, 2.75) is 31.7 Å². The Morgan fingerprint density at radius 1 is 1.31 bits per heavy atom. The van der Waals surface area contributed by atoms with E-state index in [9.17, 15) is 4.79 Å². The second-order valence-electron chi connectivity index (χ2n) is 7.74. The number of carbonyl (C=O) groups is 1. The van der Waals surface area contributed by atoms with Crippen molar-refractivity contribution >= 4 is 16.8 Å². The highest BCUT2D eigenvalue weighted by Crippen LogP contribution is 2.27. The Hall–Kier alpha value is -2.89. The van der Waals surface area contributed by atoms with Crippen LogP contribution in [0.15, 0.2) is 78.1 Å². The Balaban J connectivity index is 1.42. The van der Waals surface area contributed by atoms with Crippen LogP contribution < -0.4 is 5.48 Å². The third kappa shape index (κ3) is 4.75. The molecule has 29 heavy (non-hydrogen) atoms. The van der Waals surface area contributed by atoms with Crippen molar-refractivity contribution in [2.75, 3.05) is 13.1 Å². The number of rotatable bonds is 6. The second kappa shape index (κ2) is 9.07. The summed E-state index contributed by atoms with van der Waals surface area (Å²) in [5.74, 6) is -0.523. The van der Waals surface area contributed by atoms with E-state index in [4.69, 9.17) is 5.21 Å². The maximum atomic E-state index is 11.2. The van der Waals surface area contributed by atoms with E-state index in [2.05, 4.69) is 52.5 Å². The molecule has 1 fully saturated rings. The lowest BCUT2D eigenvalue weighted by molar-refractivity contribution is -0.124. The summed E-state index contributed by atoms with van der Waals surface area (Å²) in [7, 11) is 0. The van der Waals surface area contributed by atoms with E-state index in [0.717, 1.165) is 31.5 Å². The minimum absolute atomic E-state index is 0.523. The van der Waals surface area contributed by atoms with E-state index >= 15 is 0 Å². The fraction of sp³-hybridized carbons (Fsp3) is 0.292. The van der Waals surface area contributed by atoms with Gasteiger partial charge in [0.2, 0.25) is 0 Å². The van der Waals surface area contributed by atoms with Crippen LogP contribution in [-0.4, -0.2) is 40.1 Å². The number of likely N-dealkylation sites (tertiary alicyclic amines) is 1. The quantitative estimate of drug-likeness (QED) is 0.397. The third-order valence-electron chi connectivity index (χ3n) is 5.77. The lowest BCUT2D eigenvalue weighted by atomic mass is 10.0. The van der Waals surface area contributed by atoms with Crippen molar-refractivity contribution in [3.8, 4) is 0 Å². The Bertz CT molecular complexity index is 996. The number of hydrogen-bond acceptors (Lipinski definition) is 3. The van der Waals surface area contributed by atoms with Crippen LogP contribution >= 0.6 is 0 Å². The second-order valence-corrected chi connectivity index (χ2v) is 7.74. The van der Waals surface area contributed by atoms with Gasteiger partial charge in [0.05, 0.1) is 0 Å². The van der Waals surface area contributed by atoms with Gasteiger partial charge in [0.15, 0.2) is 0 Å². The number of allylic oxidation sites excluding steroid dienone is 6. The van der Waals surface area contributed by atoms with Crippen LogP contribution in [0.2, 0.25) is 0 Å². The highest BCUT2D eigenvalue weighted by Gasteiger charge is 2.25. The number of benzene rings is 1. The minimum atomic E-state index is -0.523. The van der Waals surface area contributed by atoms with Crippen LogP contribution in [0.1, 0.15) is 24.8 Å². The predicted molar refractivity (Wildman–Crippen MR) is 116 cm³/mol. The molecule has 150 valence electrons. The molecular weight excluding hydrogens is 362 g/mol. The molecule has 2 heterocycles. The summed E-state index contributed by atoms with van der Waals surface area (Å²) < 4.78 is 0. The van der Waals surface area contributed by atoms with E-state index in [-0.39, 0.29) is 0 Å². The van der Waals surface area contributed by atoms with Gasteiger partial charge >= 0.3 is 0 Å². The smallest absolute Gasteiger partial charge is 0.267 e. The van der Waals surface area contributed by atoms with E-state index in [1.54, 1.807) is 11.6 Å². The number of amides is 1.